The molecule has 2 saturated carbocycles. The van der Waals surface area contributed by atoms with Crippen LogP contribution in [0.5, 0.6) is 11.5 Å². The average molecular weight is 498 g/mol. The Morgan fingerprint density at radius 3 is 2.86 bits per heavy atom. The molecule has 5 aliphatic rings. The van der Waals surface area contributed by atoms with Crippen molar-refractivity contribution in [3.63, 3.8) is 0 Å². The van der Waals surface area contributed by atoms with E-state index in [-0.39, 0.29) is 36.1 Å². The minimum Gasteiger partial charge on any atom is -0.504 e. The Hall–Kier alpha value is -2.35. The summed E-state index contributed by atoms with van der Waals surface area (Å²) in [5.41, 5.74) is 1.96. The normalized spacial score (nSPS) is 34.4. The molecule has 5 atom stereocenters. The summed E-state index contributed by atoms with van der Waals surface area (Å²) in [6, 6.07) is 7.03. The molecule has 3 heterocycles. The molecule has 1 aromatic carbocycles. The number of rotatable bonds is 4. The van der Waals surface area contributed by atoms with Gasteiger partial charge in [-0.15, -0.1) is 12.4 Å². The highest BCUT2D eigenvalue weighted by molar-refractivity contribution is 5.94. The maximum absolute atomic E-state index is 13.2. The third-order valence-corrected chi connectivity index (χ3v) is 9.24. The number of amides is 1. The zero-order valence-corrected chi connectivity index (χ0v) is 20.7. The number of hydrogen-bond acceptors (Lipinski definition) is 6. The zero-order chi connectivity index (χ0) is 23.2. The third kappa shape index (κ3) is 3.11. The summed E-state index contributed by atoms with van der Waals surface area (Å²) in [5, 5.41) is 26.4. The van der Waals surface area contributed by atoms with Crippen molar-refractivity contribution in [3.05, 3.63) is 52.8 Å². The van der Waals surface area contributed by atoms with Crippen molar-refractivity contribution in [3.8, 4) is 11.5 Å². The number of pyridine rings is 1. The molecule has 0 unspecified atom stereocenters. The molecule has 1 aromatic heterocycles. The van der Waals surface area contributed by atoms with Crippen molar-refractivity contribution in [1.82, 2.24) is 15.2 Å². The molecule has 2 aromatic rings. The Bertz CT molecular complexity index is 1200. The van der Waals surface area contributed by atoms with E-state index in [2.05, 4.69) is 15.2 Å². The van der Waals surface area contributed by atoms with Crippen molar-refractivity contribution < 1.29 is 19.7 Å². The van der Waals surface area contributed by atoms with E-state index in [9.17, 15) is 15.0 Å². The van der Waals surface area contributed by atoms with Crippen molar-refractivity contribution in [1.29, 1.82) is 0 Å². The zero-order valence-electron chi connectivity index (χ0n) is 19.9. The fraction of sp³-hybridized carbons (Fsp3) is 0.556. The highest BCUT2D eigenvalue weighted by Gasteiger charge is 2.73. The Kier molecular flexibility index (Phi) is 5.16. The molecule has 8 heteroatoms. The van der Waals surface area contributed by atoms with Gasteiger partial charge in [0.25, 0.3) is 5.91 Å². The summed E-state index contributed by atoms with van der Waals surface area (Å²) >= 11 is 0. The lowest BCUT2D eigenvalue weighted by Crippen LogP contribution is -2.78. The lowest BCUT2D eigenvalue weighted by Gasteiger charge is -2.64. The fourth-order valence-corrected chi connectivity index (χ4v) is 7.57. The number of piperidine rings is 1. The maximum Gasteiger partial charge on any atom is 0.251 e. The number of aromatic nitrogens is 1. The molecule has 35 heavy (non-hydrogen) atoms. The van der Waals surface area contributed by atoms with Crippen LogP contribution in [-0.2, 0) is 11.8 Å². The first-order valence-electron chi connectivity index (χ1n) is 12.6. The topological polar surface area (TPSA) is 94.9 Å². The minimum atomic E-state index is -0.939. The molecule has 2 aliphatic heterocycles. The van der Waals surface area contributed by atoms with Crippen molar-refractivity contribution in [2.24, 2.45) is 5.92 Å². The van der Waals surface area contributed by atoms with E-state index in [0.29, 0.717) is 24.2 Å². The van der Waals surface area contributed by atoms with Crippen LogP contribution in [0.15, 0.2) is 30.5 Å². The number of halogens is 1. The van der Waals surface area contributed by atoms with Crippen LogP contribution in [0.1, 0.15) is 59.3 Å². The second-order valence-electron chi connectivity index (χ2n) is 11.1. The van der Waals surface area contributed by atoms with Gasteiger partial charge >= 0.3 is 0 Å². The standard InChI is InChI=1S/C27H31N3O4.ClH/c1-15-12-18(7-10-28-15)25(32)29-19-6-8-27(33)21-13-17-4-5-20(31)23-22(17)26(27,24(19)34-23)9-11-30(21)14-16-2-3-16;/h4-5,7,10,12,16,19,21,24,31,33H,2-3,6,8-9,11,13-14H2,1H3,(H,29,32);1H/t19-,21-,24+,26+,27-;/m1./s1. The number of carbonyl (C=O) groups is 1. The van der Waals surface area contributed by atoms with E-state index in [1.807, 2.05) is 13.0 Å². The lowest BCUT2D eigenvalue weighted by atomic mass is 9.48. The Morgan fingerprint density at radius 2 is 2.09 bits per heavy atom. The predicted octanol–water partition coefficient (Wildman–Crippen LogP) is 2.88. The number of phenolic OH excluding ortho intramolecular Hbond substituents is 1. The largest absolute Gasteiger partial charge is 0.504 e. The summed E-state index contributed by atoms with van der Waals surface area (Å²) in [6.45, 7) is 3.83. The number of nitrogens with one attached hydrogen (secondary N) is 1. The lowest BCUT2D eigenvalue weighted by molar-refractivity contribution is -0.191. The van der Waals surface area contributed by atoms with Gasteiger partial charge in [-0.25, -0.2) is 0 Å². The molecule has 186 valence electrons. The van der Waals surface area contributed by atoms with Crippen LogP contribution < -0.4 is 10.1 Å². The first-order chi connectivity index (χ1) is 16.4. The Morgan fingerprint density at radius 1 is 1.26 bits per heavy atom. The number of nitrogens with zero attached hydrogens (tertiary/aromatic N) is 2. The van der Waals surface area contributed by atoms with Crippen LogP contribution in [0.2, 0.25) is 0 Å². The molecule has 0 radical (unpaired) electrons. The molecule has 1 amide bonds. The summed E-state index contributed by atoms with van der Waals surface area (Å²) in [4.78, 5) is 19.9. The number of likely N-dealkylation sites (tertiary alicyclic amines) is 1. The van der Waals surface area contributed by atoms with Gasteiger partial charge in [-0.05, 0) is 81.7 Å². The third-order valence-electron chi connectivity index (χ3n) is 9.24. The van der Waals surface area contributed by atoms with Crippen LogP contribution in [0.3, 0.4) is 0 Å². The van der Waals surface area contributed by atoms with E-state index >= 15 is 0 Å². The van der Waals surface area contributed by atoms with Crippen molar-refractivity contribution in [2.45, 2.75) is 74.7 Å². The van der Waals surface area contributed by atoms with Crippen LogP contribution >= 0.6 is 12.4 Å². The van der Waals surface area contributed by atoms with Gasteiger partial charge in [0.1, 0.15) is 6.10 Å². The van der Waals surface area contributed by atoms with E-state index in [0.717, 1.165) is 43.1 Å². The maximum atomic E-state index is 13.2. The van der Waals surface area contributed by atoms with E-state index in [4.69, 9.17) is 4.74 Å². The van der Waals surface area contributed by atoms with Gasteiger partial charge < -0.3 is 20.3 Å². The molecule has 7 nitrogen and oxygen atoms in total. The van der Waals surface area contributed by atoms with E-state index < -0.39 is 17.1 Å². The summed E-state index contributed by atoms with van der Waals surface area (Å²) in [6.07, 6.45) is 6.59. The molecular weight excluding hydrogens is 466 g/mol. The molecule has 2 bridgehead atoms. The van der Waals surface area contributed by atoms with E-state index in [1.165, 1.54) is 18.4 Å². The van der Waals surface area contributed by atoms with Crippen LogP contribution in [-0.4, -0.2) is 62.9 Å². The van der Waals surface area contributed by atoms with Gasteiger partial charge in [-0.2, -0.15) is 0 Å². The highest BCUT2D eigenvalue weighted by Crippen LogP contribution is 2.65. The minimum absolute atomic E-state index is 0. The molecular formula is C27H32ClN3O4. The quantitative estimate of drug-likeness (QED) is 0.601. The average Bonchev–Trinajstić information content (AvgIpc) is 3.56. The van der Waals surface area contributed by atoms with Crippen molar-refractivity contribution in [2.75, 3.05) is 13.1 Å². The van der Waals surface area contributed by atoms with Gasteiger partial charge in [0, 0.05) is 35.6 Å². The van der Waals surface area contributed by atoms with Crippen LogP contribution in [0, 0.1) is 12.8 Å². The number of benzene rings is 1. The number of aryl methyl sites for hydroxylation is 1. The first-order valence-corrected chi connectivity index (χ1v) is 12.6. The SMILES string of the molecule is Cc1cc(C(=O)N[C@@H]2CC[C@@]3(O)[C@H]4Cc5ccc(O)c6c5[C@@]3(CCN4CC3CC3)[C@H]2O6)ccn1.Cl. The molecule has 3 aliphatic carbocycles. The monoisotopic (exact) mass is 497 g/mol. The Labute approximate surface area is 211 Å². The molecule has 1 spiro atoms. The second-order valence-corrected chi connectivity index (χ2v) is 11.1. The van der Waals surface area contributed by atoms with Gasteiger partial charge in [-0.1, -0.05) is 6.07 Å². The predicted molar refractivity (Wildman–Crippen MR) is 132 cm³/mol. The van der Waals surface area contributed by atoms with E-state index in [1.54, 1.807) is 24.4 Å². The smallest absolute Gasteiger partial charge is 0.251 e. The highest BCUT2D eigenvalue weighted by atomic mass is 35.5. The molecule has 3 fully saturated rings. The number of hydrogen-bond donors (Lipinski definition) is 3. The summed E-state index contributed by atoms with van der Waals surface area (Å²) in [7, 11) is 0. The van der Waals surface area contributed by atoms with Crippen LogP contribution in [0.4, 0.5) is 0 Å². The van der Waals surface area contributed by atoms with Gasteiger partial charge in [0.05, 0.1) is 17.1 Å². The first kappa shape index (κ1) is 23.1. The molecule has 3 N–H and O–H groups in total. The number of phenols is 1. The van der Waals surface area contributed by atoms with Crippen LogP contribution in [0.25, 0.3) is 0 Å². The van der Waals surface area contributed by atoms with Crippen molar-refractivity contribution >= 4 is 18.3 Å². The molecule has 1 saturated heterocycles. The summed E-state index contributed by atoms with van der Waals surface area (Å²) < 4.78 is 6.52. The fourth-order valence-electron chi connectivity index (χ4n) is 7.57. The Balaban J connectivity index is 0.00000229. The number of ether oxygens (including phenoxy) is 1. The number of aliphatic hydroxyl groups is 1. The molecule has 7 rings (SSSR count). The number of carbonyl (C=O) groups excluding carboxylic acids is 1. The second kappa shape index (κ2) is 7.82. The van der Waals surface area contributed by atoms with Gasteiger partial charge in [0.15, 0.2) is 11.5 Å². The van der Waals surface area contributed by atoms with Gasteiger partial charge in [0.2, 0.25) is 0 Å². The van der Waals surface area contributed by atoms with Gasteiger partial charge in [-0.3, -0.25) is 14.7 Å². The summed E-state index contributed by atoms with van der Waals surface area (Å²) in [5.74, 6) is 1.24. The number of aromatic hydroxyl groups is 1.